The monoisotopic (exact) mass is 222 g/mol. The standard InChI is InChI=1S/C14H22O2/c1-3-5-11-16-13(4-2)14(15)12-9-7-6-8-10-12/h6-10,13-15H,3-5,11H2,1-2H3. The van der Waals surface area contributed by atoms with Crippen LogP contribution in [0.5, 0.6) is 0 Å². The summed E-state index contributed by atoms with van der Waals surface area (Å²) >= 11 is 0. The minimum absolute atomic E-state index is 0.0889. The fourth-order valence-corrected chi connectivity index (χ4v) is 1.68. The van der Waals surface area contributed by atoms with Crippen molar-refractivity contribution in [3.63, 3.8) is 0 Å². The van der Waals surface area contributed by atoms with Crippen molar-refractivity contribution in [1.29, 1.82) is 0 Å². The van der Waals surface area contributed by atoms with Gasteiger partial charge in [-0.05, 0) is 18.4 Å². The highest BCUT2D eigenvalue weighted by Crippen LogP contribution is 2.21. The molecule has 0 aliphatic heterocycles. The molecule has 2 nitrogen and oxygen atoms in total. The van der Waals surface area contributed by atoms with Crippen LogP contribution in [0.15, 0.2) is 30.3 Å². The lowest BCUT2D eigenvalue weighted by atomic mass is 10.0. The van der Waals surface area contributed by atoms with Gasteiger partial charge in [-0.1, -0.05) is 50.6 Å². The van der Waals surface area contributed by atoms with Crippen LogP contribution in [0.1, 0.15) is 44.8 Å². The van der Waals surface area contributed by atoms with E-state index in [1.807, 2.05) is 37.3 Å². The van der Waals surface area contributed by atoms with Crippen molar-refractivity contribution in [3.05, 3.63) is 35.9 Å². The minimum atomic E-state index is -0.511. The van der Waals surface area contributed by atoms with Gasteiger partial charge < -0.3 is 9.84 Å². The molecule has 0 amide bonds. The summed E-state index contributed by atoms with van der Waals surface area (Å²) in [6.45, 7) is 4.92. The fraction of sp³-hybridized carbons (Fsp3) is 0.571. The quantitative estimate of drug-likeness (QED) is 0.717. The van der Waals surface area contributed by atoms with Crippen LogP contribution in [0.3, 0.4) is 0 Å². The minimum Gasteiger partial charge on any atom is -0.386 e. The summed E-state index contributed by atoms with van der Waals surface area (Å²) < 4.78 is 5.70. The summed E-state index contributed by atoms with van der Waals surface area (Å²) in [5.74, 6) is 0. The number of benzene rings is 1. The molecule has 2 atom stereocenters. The van der Waals surface area contributed by atoms with Gasteiger partial charge in [0.05, 0.1) is 6.10 Å². The molecule has 0 fully saturated rings. The van der Waals surface area contributed by atoms with E-state index in [2.05, 4.69) is 6.92 Å². The summed E-state index contributed by atoms with van der Waals surface area (Å²) in [6, 6.07) is 9.72. The summed E-state index contributed by atoms with van der Waals surface area (Å²) in [5, 5.41) is 10.2. The molecule has 0 aliphatic carbocycles. The highest BCUT2D eigenvalue weighted by molar-refractivity contribution is 5.18. The van der Waals surface area contributed by atoms with Gasteiger partial charge >= 0.3 is 0 Å². The van der Waals surface area contributed by atoms with E-state index in [1.54, 1.807) is 0 Å². The SMILES string of the molecule is CCCCOC(CC)C(O)c1ccccc1. The maximum Gasteiger partial charge on any atom is 0.105 e. The Morgan fingerprint density at radius 1 is 1.19 bits per heavy atom. The average molecular weight is 222 g/mol. The zero-order valence-electron chi connectivity index (χ0n) is 10.2. The van der Waals surface area contributed by atoms with Gasteiger partial charge in [-0.15, -0.1) is 0 Å². The number of hydrogen-bond acceptors (Lipinski definition) is 2. The van der Waals surface area contributed by atoms with Crippen LogP contribution in [0.2, 0.25) is 0 Å². The zero-order chi connectivity index (χ0) is 11.8. The van der Waals surface area contributed by atoms with Crippen molar-refractivity contribution in [2.24, 2.45) is 0 Å². The van der Waals surface area contributed by atoms with Crippen LogP contribution >= 0.6 is 0 Å². The Morgan fingerprint density at radius 2 is 1.88 bits per heavy atom. The summed E-state index contributed by atoms with van der Waals surface area (Å²) in [5.41, 5.74) is 0.936. The summed E-state index contributed by atoms with van der Waals surface area (Å²) in [7, 11) is 0. The third-order valence-corrected chi connectivity index (χ3v) is 2.73. The van der Waals surface area contributed by atoms with E-state index in [9.17, 15) is 5.11 Å². The van der Waals surface area contributed by atoms with Gasteiger partial charge in [0.25, 0.3) is 0 Å². The Balaban J connectivity index is 2.52. The van der Waals surface area contributed by atoms with Gasteiger partial charge in [0.1, 0.15) is 6.10 Å². The lowest BCUT2D eigenvalue weighted by Crippen LogP contribution is -2.22. The summed E-state index contributed by atoms with van der Waals surface area (Å²) in [4.78, 5) is 0. The van der Waals surface area contributed by atoms with Crippen LogP contribution < -0.4 is 0 Å². The van der Waals surface area contributed by atoms with Crippen molar-refractivity contribution in [3.8, 4) is 0 Å². The van der Waals surface area contributed by atoms with Gasteiger partial charge in [-0.2, -0.15) is 0 Å². The fourth-order valence-electron chi connectivity index (χ4n) is 1.68. The van der Waals surface area contributed by atoms with Crippen LogP contribution in [0.4, 0.5) is 0 Å². The lowest BCUT2D eigenvalue weighted by molar-refractivity contribution is -0.0413. The molecule has 0 spiro atoms. The van der Waals surface area contributed by atoms with Gasteiger partial charge in [-0.25, -0.2) is 0 Å². The molecule has 1 aromatic rings. The Bertz CT molecular complexity index is 271. The first-order valence-corrected chi connectivity index (χ1v) is 6.14. The molecular formula is C14H22O2. The third kappa shape index (κ3) is 3.95. The predicted octanol–water partition coefficient (Wildman–Crippen LogP) is 3.32. The topological polar surface area (TPSA) is 29.5 Å². The van der Waals surface area contributed by atoms with Crippen LogP contribution in [-0.4, -0.2) is 17.8 Å². The summed E-state index contributed by atoms with van der Waals surface area (Å²) in [6.07, 6.45) is 2.41. The van der Waals surface area contributed by atoms with Gasteiger partial charge in [0, 0.05) is 6.61 Å². The first-order valence-electron chi connectivity index (χ1n) is 6.14. The molecule has 0 saturated heterocycles. The maximum atomic E-state index is 10.2. The molecule has 1 aromatic carbocycles. The predicted molar refractivity (Wildman–Crippen MR) is 66.3 cm³/mol. The molecular weight excluding hydrogens is 200 g/mol. The van der Waals surface area contributed by atoms with Crippen LogP contribution in [0.25, 0.3) is 0 Å². The number of hydrogen-bond donors (Lipinski definition) is 1. The highest BCUT2D eigenvalue weighted by atomic mass is 16.5. The molecule has 0 saturated carbocycles. The van der Waals surface area contributed by atoms with Crippen LogP contribution in [0, 0.1) is 0 Å². The van der Waals surface area contributed by atoms with Crippen molar-refractivity contribution in [2.45, 2.75) is 45.3 Å². The second-order valence-corrected chi connectivity index (χ2v) is 4.03. The molecule has 16 heavy (non-hydrogen) atoms. The van der Waals surface area contributed by atoms with Gasteiger partial charge in [-0.3, -0.25) is 0 Å². The lowest BCUT2D eigenvalue weighted by Gasteiger charge is -2.22. The average Bonchev–Trinajstić information content (AvgIpc) is 2.35. The first-order chi connectivity index (χ1) is 7.79. The highest BCUT2D eigenvalue weighted by Gasteiger charge is 2.19. The number of unbranched alkanes of at least 4 members (excludes halogenated alkanes) is 1. The van der Waals surface area contributed by atoms with Gasteiger partial charge in [0.2, 0.25) is 0 Å². The molecule has 0 bridgehead atoms. The second kappa shape index (κ2) is 7.42. The molecule has 1 rings (SSSR count). The largest absolute Gasteiger partial charge is 0.386 e. The van der Waals surface area contributed by atoms with Crippen molar-refractivity contribution in [2.75, 3.05) is 6.61 Å². The molecule has 0 radical (unpaired) electrons. The smallest absolute Gasteiger partial charge is 0.105 e. The molecule has 0 heterocycles. The third-order valence-electron chi connectivity index (χ3n) is 2.73. The number of aliphatic hydroxyl groups is 1. The first kappa shape index (κ1) is 13.2. The molecule has 2 heteroatoms. The molecule has 1 N–H and O–H groups in total. The number of rotatable bonds is 7. The Hall–Kier alpha value is -0.860. The Kier molecular flexibility index (Phi) is 6.12. The van der Waals surface area contributed by atoms with E-state index in [0.29, 0.717) is 0 Å². The van der Waals surface area contributed by atoms with Crippen LogP contribution in [-0.2, 0) is 4.74 Å². The van der Waals surface area contributed by atoms with E-state index in [1.165, 1.54) is 0 Å². The Morgan fingerprint density at radius 3 is 2.44 bits per heavy atom. The number of aliphatic hydroxyl groups excluding tert-OH is 1. The van der Waals surface area contributed by atoms with E-state index in [-0.39, 0.29) is 6.10 Å². The maximum absolute atomic E-state index is 10.2. The zero-order valence-corrected chi connectivity index (χ0v) is 10.2. The van der Waals surface area contributed by atoms with Crippen molar-refractivity contribution >= 4 is 0 Å². The van der Waals surface area contributed by atoms with Crippen molar-refractivity contribution in [1.82, 2.24) is 0 Å². The normalized spacial score (nSPS) is 14.7. The second-order valence-electron chi connectivity index (χ2n) is 4.03. The molecule has 2 unspecified atom stereocenters. The van der Waals surface area contributed by atoms with E-state index < -0.39 is 6.10 Å². The molecule has 0 aromatic heterocycles. The molecule has 90 valence electrons. The van der Waals surface area contributed by atoms with E-state index in [0.717, 1.165) is 31.4 Å². The van der Waals surface area contributed by atoms with Gasteiger partial charge in [0.15, 0.2) is 0 Å². The van der Waals surface area contributed by atoms with E-state index >= 15 is 0 Å². The van der Waals surface area contributed by atoms with E-state index in [4.69, 9.17) is 4.74 Å². The number of ether oxygens (including phenoxy) is 1. The molecule has 0 aliphatic rings. The Labute approximate surface area is 98.3 Å². The van der Waals surface area contributed by atoms with Crippen molar-refractivity contribution < 1.29 is 9.84 Å².